The van der Waals surface area contributed by atoms with Crippen molar-refractivity contribution in [3.8, 4) is 0 Å². The summed E-state index contributed by atoms with van der Waals surface area (Å²) < 4.78 is 0. The van der Waals surface area contributed by atoms with E-state index < -0.39 is 0 Å². The van der Waals surface area contributed by atoms with Crippen LogP contribution >= 0.6 is 0 Å². The smallest absolute Gasteiger partial charge is 0.240 e. The number of carbonyl (C=O) groups is 2. The molecule has 0 aliphatic heterocycles. The Morgan fingerprint density at radius 1 is 0.955 bits per heavy atom. The van der Waals surface area contributed by atoms with Crippen LogP contribution in [0.4, 0.5) is 5.69 Å². The molecule has 0 radical (unpaired) electrons. The molecule has 2 N–H and O–H groups in total. The quantitative estimate of drug-likeness (QED) is 0.600. The standard InChI is InChI=1S/C17H21N3O2/c21-15(18-14-4-2-1-3-5-14)10-11-16(22)19-20-17(12-6-7-12)13-8-9-13/h1-5,12-13H,6-11H2,(H,18,21)(H,19,22). The minimum Gasteiger partial charge on any atom is -0.326 e. The number of hydrazone groups is 1. The lowest BCUT2D eigenvalue weighted by Gasteiger charge is -2.06. The lowest BCUT2D eigenvalue weighted by atomic mass is 10.1. The van der Waals surface area contributed by atoms with Gasteiger partial charge in [-0.3, -0.25) is 9.59 Å². The van der Waals surface area contributed by atoms with Crippen molar-refractivity contribution < 1.29 is 9.59 Å². The molecule has 0 aromatic heterocycles. The average Bonchev–Trinajstić information content (AvgIpc) is 3.39. The highest BCUT2D eigenvalue weighted by Crippen LogP contribution is 2.41. The van der Waals surface area contributed by atoms with Crippen molar-refractivity contribution in [3.05, 3.63) is 30.3 Å². The molecule has 0 atom stereocenters. The first-order valence-corrected chi connectivity index (χ1v) is 7.93. The summed E-state index contributed by atoms with van der Waals surface area (Å²) in [4.78, 5) is 23.6. The SMILES string of the molecule is O=C(CCC(=O)Nc1ccccc1)NN=C(C1CC1)C1CC1. The molecule has 116 valence electrons. The maximum atomic E-state index is 11.8. The molecule has 3 rings (SSSR count). The minimum absolute atomic E-state index is 0.157. The van der Waals surface area contributed by atoms with Crippen LogP contribution in [0.5, 0.6) is 0 Å². The maximum absolute atomic E-state index is 11.8. The number of hydrogen-bond acceptors (Lipinski definition) is 3. The van der Waals surface area contributed by atoms with E-state index >= 15 is 0 Å². The number of para-hydroxylation sites is 1. The van der Waals surface area contributed by atoms with E-state index in [0.29, 0.717) is 11.8 Å². The number of carbonyl (C=O) groups excluding carboxylic acids is 2. The summed E-state index contributed by atoms with van der Waals surface area (Å²) in [5.41, 5.74) is 4.53. The molecule has 0 unspecified atom stereocenters. The zero-order valence-electron chi connectivity index (χ0n) is 12.5. The summed E-state index contributed by atoms with van der Waals surface area (Å²) in [5, 5.41) is 7.06. The fourth-order valence-corrected chi connectivity index (χ4v) is 2.43. The van der Waals surface area contributed by atoms with E-state index in [-0.39, 0.29) is 24.7 Å². The lowest BCUT2D eigenvalue weighted by molar-refractivity contribution is -0.124. The molecule has 2 aliphatic carbocycles. The maximum Gasteiger partial charge on any atom is 0.240 e. The first-order valence-electron chi connectivity index (χ1n) is 7.93. The molecule has 1 aromatic carbocycles. The van der Waals surface area contributed by atoms with Crippen molar-refractivity contribution >= 4 is 23.2 Å². The number of rotatable bonds is 7. The van der Waals surface area contributed by atoms with Gasteiger partial charge in [-0.1, -0.05) is 18.2 Å². The molecular weight excluding hydrogens is 278 g/mol. The van der Waals surface area contributed by atoms with E-state index in [0.717, 1.165) is 5.69 Å². The van der Waals surface area contributed by atoms with E-state index in [2.05, 4.69) is 15.8 Å². The second-order valence-corrected chi connectivity index (χ2v) is 6.03. The predicted molar refractivity (Wildman–Crippen MR) is 85.3 cm³/mol. The molecule has 5 heteroatoms. The van der Waals surface area contributed by atoms with Crippen molar-refractivity contribution in [3.63, 3.8) is 0 Å². The van der Waals surface area contributed by atoms with E-state index in [9.17, 15) is 9.59 Å². The Balaban J connectivity index is 1.40. The Hall–Kier alpha value is -2.17. The Morgan fingerprint density at radius 3 is 2.14 bits per heavy atom. The summed E-state index contributed by atoms with van der Waals surface area (Å²) in [5.74, 6) is 0.834. The van der Waals surface area contributed by atoms with Crippen LogP contribution in [0.2, 0.25) is 0 Å². The van der Waals surface area contributed by atoms with Gasteiger partial charge in [0.25, 0.3) is 0 Å². The molecule has 5 nitrogen and oxygen atoms in total. The first-order chi connectivity index (χ1) is 10.7. The monoisotopic (exact) mass is 299 g/mol. The van der Waals surface area contributed by atoms with Gasteiger partial charge in [0.2, 0.25) is 11.8 Å². The number of nitrogens with zero attached hydrogens (tertiary/aromatic N) is 1. The minimum atomic E-state index is -0.193. The fraction of sp³-hybridized carbons (Fsp3) is 0.471. The van der Waals surface area contributed by atoms with Crippen LogP contribution in [0.1, 0.15) is 38.5 Å². The Kier molecular flexibility index (Phi) is 4.51. The molecule has 2 fully saturated rings. The molecule has 0 heterocycles. The predicted octanol–water partition coefficient (Wildman–Crippen LogP) is 2.70. The average molecular weight is 299 g/mol. The second-order valence-electron chi connectivity index (χ2n) is 6.03. The van der Waals surface area contributed by atoms with Crippen LogP contribution in [-0.2, 0) is 9.59 Å². The zero-order chi connectivity index (χ0) is 15.4. The van der Waals surface area contributed by atoms with Crippen molar-refractivity contribution in [1.29, 1.82) is 0 Å². The number of nitrogens with one attached hydrogen (secondary N) is 2. The number of benzene rings is 1. The summed E-state index contributed by atoms with van der Waals surface area (Å²) in [7, 11) is 0. The van der Waals surface area contributed by atoms with E-state index in [1.165, 1.54) is 31.4 Å². The van der Waals surface area contributed by atoms with Gasteiger partial charge in [-0.2, -0.15) is 5.10 Å². The van der Waals surface area contributed by atoms with Crippen LogP contribution in [0.15, 0.2) is 35.4 Å². The van der Waals surface area contributed by atoms with Crippen LogP contribution < -0.4 is 10.7 Å². The highest BCUT2D eigenvalue weighted by Gasteiger charge is 2.38. The summed E-state index contributed by atoms with van der Waals surface area (Å²) in [6, 6.07) is 9.24. The molecule has 0 saturated heterocycles. The van der Waals surface area contributed by atoms with Gasteiger partial charge in [-0.05, 0) is 49.7 Å². The molecule has 2 saturated carbocycles. The van der Waals surface area contributed by atoms with Crippen molar-refractivity contribution in [2.45, 2.75) is 38.5 Å². The van der Waals surface area contributed by atoms with Gasteiger partial charge in [0.1, 0.15) is 0 Å². The van der Waals surface area contributed by atoms with Gasteiger partial charge < -0.3 is 5.32 Å². The van der Waals surface area contributed by atoms with E-state index in [1.54, 1.807) is 0 Å². The summed E-state index contributed by atoms with van der Waals surface area (Å²) in [6.45, 7) is 0. The molecular formula is C17H21N3O2. The van der Waals surface area contributed by atoms with Crippen molar-refractivity contribution in [2.75, 3.05) is 5.32 Å². The number of hydrogen-bond donors (Lipinski definition) is 2. The largest absolute Gasteiger partial charge is 0.326 e. The van der Waals surface area contributed by atoms with Gasteiger partial charge in [-0.25, -0.2) is 5.43 Å². The Morgan fingerprint density at radius 2 is 1.55 bits per heavy atom. The van der Waals surface area contributed by atoms with Crippen molar-refractivity contribution in [2.24, 2.45) is 16.9 Å². The van der Waals surface area contributed by atoms with Crippen LogP contribution in [0.3, 0.4) is 0 Å². The number of anilines is 1. The van der Waals surface area contributed by atoms with Crippen LogP contribution in [0.25, 0.3) is 0 Å². The third-order valence-corrected chi connectivity index (χ3v) is 3.94. The fourth-order valence-electron chi connectivity index (χ4n) is 2.43. The zero-order valence-corrected chi connectivity index (χ0v) is 12.5. The summed E-state index contributed by atoms with van der Waals surface area (Å²) in [6.07, 6.45) is 5.12. The van der Waals surface area contributed by atoms with Crippen LogP contribution in [0, 0.1) is 11.8 Å². The lowest BCUT2D eigenvalue weighted by Crippen LogP contribution is -2.23. The third kappa shape index (κ3) is 4.41. The number of amides is 2. The molecule has 22 heavy (non-hydrogen) atoms. The van der Waals surface area contributed by atoms with Gasteiger partial charge in [0, 0.05) is 24.2 Å². The molecule has 0 spiro atoms. The van der Waals surface area contributed by atoms with Gasteiger partial charge in [0.15, 0.2) is 0 Å². The third-order valence-electron chi connectivity index (χ3n) is 3.94. The van der Waals surface area contributed by atoms with Crippen LogP contribution in [-0.4, -0.2) is 17.5 Å². The highest BCUT2D eigenvalue weighted by atomic mass is 16.2. The molecule has 0 bridgehead atoms. The molecule has 2 aliphatic rings. The molecule has 2 amide bonds. The summed E-state index contributed by atoms with van der Waals surface area (Å²) >= 11 is 0. The second kappa shape index (κ2) is 6.73. The molecule has 1 aromatic rings. The van der Waals surface area contributed by atoms with Gasteiger partial charge in [0.05, 0.1) is 0 Å². The van der Waals surface area contributed by atoms with E-state index in [4.69, 9.17) is 0 Å². The Bertz CT molecular complexity index is 561. The Labute approximate surface area is 130 Å². The van der Waals surface area contributed by atoms with Crippen molar-refractivity contribution in [1.82, 2.24) is 5.43 Å². The first kappa shape index (κ1) is 14.8. The highest BCUT2D eigenvalue weighted by molar-refractivity contribution is 5.95. The van der Waals surface area contributed by atoms with Gasteiger partial charge in [-0.15, -0.1) is 0 Å². The topological polar surface area (TPSA) is 70.6 Å². The van der Waals surface area contributed by atoms with E-state index in [1.807, 2.05) is 30.3 Å². The van der Waals surface area contributed by atoms with Gasteiger partial charge >= 0.3 is 0 Å². The normalized spacial score (nSPS) is 16.7.